The number of nitrogens with zero attached hydrogens (tertiary/aromatic N) is 2. The lowest BCUT2D eigenvalue weighted by Crippen LogP contribution is -2.43. The van der Waals surface area contributed by atoms with Gasteiger partial charge in [0.25, 0.3) is 5.91 Å². The van der Waals surface area contributed by atoms with Gasteiger partial charge in [-0.25, -0.2) is 0 Å². The van der Waals surface area contributed by atoms with Gasteiger partial charge in [-0.05, 0) is 51.4 Å². The fourth-order valence-electron chi connectivity index (χ4n) is 4.25. The average molecular weight is 318 g/mol. The summed E-state index contributed by atoms with van der Waals surface area (Å²) in [7, 11) is 0. The van der Waals surface area contributed by atoms with Gasteiger partial charge in [-0.2, -0.15) is 0 Å². The second-order valence-electron chi connectivity index (χ2n) is 7.13. The Morgan fingerprint density at radius 3 is 2.65 bits per heavy atom. The van der Waals surface area contributed by atoms with E-state index in [1.165, 1.54) is 30.5 Å². The van der Waals surface area contributed by atoms with Crippen LogP contribution in [-0.2, 0) is 22.4 Å². The first-order chi connectivity index (χ1) is 11.3. The Bertz CT molecular complexity index is 555. The molecule has 126 valence electrons. The van der Waals surface area contributed by atoms with E-state index in [1.54, 1.807) is 0 Å². The Balaban J connectivity index is 1.40. The summed E-state index contributed by atoms with van der Waals surface area (Å²) in [6.45, 7) is 2.37. The van der Waals surface area contributed by atoms with E-state index in [4.69, 9.17) is 9.26 Å². The van der Waals surface area contributed by atoms with Crippen LogP contribution in [0.25, 0.3) is 0 Å². The van der Waals surface area contributed by atoms with Gasteiger partial charge >= 0.3 is 0 Å². The van der Waals surface area contributed by atoms with Crippen molar-refractivity contribution in [3.05, 3.63) is 17.0 Å². The Hall–Kier alpha value is -1.36. The zero-order valence-corrected chi connectivity index (χ0v) is 13.8. The highest BCUT2D eigenvalue weighted by molar-refractivity contribution is 5.81. The molecule has 0 saturated carbocycles. The zero-order valence-electron chi connectivity index (χ0n) is 13.8. The molecule has 3 heterocycles. The van der Waals surface area contributed by atoms with E-state index >= 15 is 0 Å². The quantitative estimate of drug-likeness (QED) is 0.787. The van der Waals surface area contributed by atoms with Crippen molar-refractivity contribution >= 4 is 5.91 Å². The Morgan fingerprint density at radius 2 is 1.87 bits per heavy atom. The second kappa shape index (κ2) is 6.63. The molecule has 1 amide bonds. The number of aryl methyl sites for hydroxylation is 1. The minimum absolute atomic E-state index is 0.187. The molecule has 1 atom stereocenters. The topological polar surface area (TPSA) is 55.6 Å². The van der Waals surface area contributed by atoms with Crippen LogP contribution in [0.2, 0.25) is 0 Å². The van der Waals surface area contributed by atoms with Crippen molar-refractivity contribution in [3.8, 4) is 0 Å². The highest BCUT2D eigenvalue weighted by Gasteiger charge is 2.33. The molecule has 1 aromatic rings. The minimum Gasteiger partial charge on any atom is -0.368 e. The fourth-order valence-corrected chi connectivity index (χ4v) is 4.25. The maximum Gasteiger partial charge on any atom is 0.251 e. The molecule has 5 nitrogen and oxygen atoms in total. The summed E-state index contributed by atoms with van der Waals surface area (Å²) in [6, 6.07) is 0. The normalized spacial score (nSPS) is 26.1. The van der Waals surface area contributed by atoms with Crippen molar-refractivity contribution in [1.82, 2.24) is 10.1 Å². The van der Waals surface area contributed by atoms with Crippen molar-refractivity contribution in [2.24, 2.45) is 0 Å². The molecule has 1 aromatic heterocycles. The number of hydrogen-bond donors (Lipinski definition) is 0. The molecule has 3 aliphatic rings. The van der Waals surface area contributed by atoms with Gasteiger partial charge in [0.2, 0.25) is 0 Å². The number of carbonyl (C=O) groups is 1. The Kier molecular flexibility index (Phi) is 4.38. The molecule has 2 fully saturated rings. The van der Waals surface area contributed by atoms with Crippen LogP contribution in [0.1, 0.15) is 67.9 Å². The molecule has 2 aliphatic heterocycles. The van der Waals surface area contributed by atoms with Crippen molar-refractivity contribution in [2.45, 2.75) is 69.8 Å². The number of likely N-dealkylation sites (tertiary alicyclic amines) is 1. The number of aromatic nitrogens is 1. The van der Waals surface area contributed by atoms with Crippen molar-refractivity contribution in [3.63, 3.8) is 0 Å². The summed E-state index contributed by atoms with van der Waals surface area (Å²) in [5, 5.41) is 4.33. The van der Waals surface area contributed by atoms with Gasteiger partial charge in [0.05, 0.1) is 5.69 Å². The van der Waals surface area contributed by atoms with Gasteiger partial charge in [-0.1, -0.05) is 11.6 Å². The van der Waals surface area contributed by atoms with E-state index in [-0.39, 0.29) is 12.0 Å². The summed E-state index contributed by atoms with van der Waals surface area (Å²) in [5.74, 6) is 1.74. The molecule has 0 bridgehead atoms. The largest absolute Gasteiger partial charge is 0.368 e. The number of ether oxygens (including phenoxy) is 1. The SMILES string of the molecule is O=C([C@H]1CCCO1)N1CCC(c2onc3c2CCCCC3)CC1. The van der Waals surface area contributed by atoms with Crippen molar-refractivity contribution < 1.29 is 14.1 Å². The van der Waals surface area contributed by atoms with E-state index in [0.717, 1.165) is 64.0 Å². The average Bonchev–Trinajstić information content (AvgIpc) is 3.20. The third-order valence-corrected chi connectivity index (χ3v) is 5.62. The second-order valence-corrected chi connectivity index (χ2v) is 7.13. The predicted molar refractivity (Wildman–Crippen MR) is 85.3 cm³/mol. The molecule has 0 N–H and O–H groups in total. The highest BCUT2D eigenvalue weighted by atomic mass is 16.5. The molecule has 4 rings (SSSR count). The standard InChI is InChI=1S/C18H26N2O3/c21-18(16-7-4-12-22-16)20-10-8-13(9-11-20)17-14-5-2-1-3-6-15(14)19-23-17/h13,16H,1-12H2/t16-/m1/s1. The number of rotatable bonds is 2. The van der Waals surface area contributed by atoms with Gasteiger partial charge < -0.3 is 14.2 Å². The third-order valence-electron chi connectivity index (χ3n) is 5.62. The molecular weight excluding hydrogens is 292 g/mol. The molecule has 5 heteroatoms. The number of carbonyl (C=O) groups excluding carboxylic acids is 1. The third kappa shape index (κ3) is 3.03. The van der Waals surface area contributed by atoms with Crippen molar-refractivity contribution in [1.29, 1.82) is 0 Å². The molecular formula is C18H26N2O3. The molecule has 0 aromatic carbocycles. The van der Waals surface area contributed by atoms with Crippen LogP contribution in [0.15, 0.2) is 4.52 Å². The highest BCUT2D eigenvalue weighted by Crippen LogP contribution is 2.34. The lowest BCUT2D eigenvalue weighted by atomic mass is 9.90. The summed E-state index contributed by atoms with van der Waals surface area (Å²) in [4.78, 5) is 14.4. The van der Waals surface area contributed by atoms with Crippen LogP contribution in [-0.4, -0.2) is 41.8 Å². The van der Waals surface area contributed by atoms with Gasteiger partial charge in [0.1, 0.15) is 11.9 Å². The summed E-state index contributed by atoms with van der Waals surface area (Å²) >= 11 is 0. The number of hydrogen-bond acceptors (Lipinski definition) is 4. The maximum absolute atomic E-state index is 12.4. The first-order valence-electron chi connectivity index (χ1n) is 9.20. The van der Waals surface area contributed by atoms with Crippen LogP contribution in [0.5, 0.6) is 0 Å². The molecule has 1 aliphatic carbocycles. The maximum atomic E-state index is 12.4. The van der Waals surface area contributed by atoms with Crippen LogP contribution >= 0.6 is 0 Å². The van der Waals surface area contributed by atoms with Crippen LogP contribution in [0, 0.1) is 0 Å². The monoisotopic (exact) mass is 318 g/mol. The predicted octanol–water partition coefficient (Wildman–Crippen LogP) is 2.83. The lowest BCUT2D eigenvalue weighted by Gasteiger charge is -2.32. The molecule has 0 unspecified atom stereocenters. The van der Waals surface area contributed by atoms with E-state index in [2.05, 4.69) is 5.16 Å². The Labute approximate surface area is 137 Å². The van der Waals surface area contributed by atoms with Crippen molar-refractivity contribution in [2.75, 3.05) is 19.7 Å². The number of fused-ring (bicyclic) bond motifs is 1. The molecule has 0 spiro atoms. The van der Waals surface area contributed by atoms with Crippen LogP contribution < -0.4 is 0 Å². The van der Waals surface area contributed by atoms with Gasteiger partial charge in [0.15, 0.2) is 0 Å². The fraction of sp³-hybridized carbons (Fsp3) is 0.778. The first kappa shape index (κ1) is 15.2. The van der Waals surface area contributed by atoms with E-state index in [1.807, 2.05) is 4.90 Å². The summed E-state index contributed by atoms with van der Waals surface area (Å²) in [6.07, 6.45) is 9.63. The Morgan fingerprint density at radius 1 is 1.04 bits per heavy atom. The van der Waals surface area contributed by atoms with Crippen LogP contribution in [0.4, 0.5) is 0 Å². The molecule has 0 radical (unpaired) electrons. The van der Waals surface area contributed by atoms with E-state index in [9.17, 15) is 4.79 Å². The van der Waals surface area contributed by atoms with Gasteiger partial charge in [0, 0.05) is 31.2 Å². The summed E-state index contributed by atoms with van der Waals surface area (Å²) in [5.41, 5.74) is 2.57. The van der Waals surface area contributed by atoms with Gasteiger partial charge in [-0.3, -0.25) is 4.79 Å². The van der Waals surface area contributed by atoms with E-state index < -0.39 is 0 Å². The number of amides is 1. The van der Waals surface area contributed by atoms with Crippen LogP contribution in [0.3, 0.4) is 0 Å². The smallest absolute Gasteiger partial charge is 0.251 e. The van der Waals surface area contributed by atoms with Gasteiger partial charge in [-0.15, -0.1) is 0 Å². The van der Waals surface area contributed by atoms with E-state index in [0.29, 0.717) is 5.92 Å². The number of piperidine rings is 1. The lowest BCUT2D eigenvalue weighted by molar-refractivity contribution is -0.142. The molecule has 23 heavy (non-hydrogen) atoms. The summed E-state index contributed by atoms with van der Waals surface area (Å²) < 4.78 is 11.3. The first-order valence-corrected chi connectivity index (χ1v) is 9.20. The zero-order chi connectivity index (χ0) is 15.6. The minimum atomic E-state index is -0.187. The molecule has 2 saturated heterocycles.